The highest BCUT2D eigenvalue weighted by Crippen LogP contribution is 2.17. The molecule has 1 amide bonds. The molecular weight excluding hydrogens is 477 g/mol. The van der Waals surface area contributed by atoms with Gasteiger partial charge in [-0.25, -0.2) is 0 Å². The molecule has 29 heavy (non-hydrogen) atoms. The molecule has 0 aliphatic carbocycles. The van der Waals surface area contributed by atoms with Crippen molar-refractivity contribution in [2.75, 3.05) is 47.3 Å². The lowest BCUT2D eigenvalue weighted by Gasteiger charge is -2.35. The van der Waals surface area contributed by atoms with Gasteiger partial charge in [-0.1, -0.05) is 19.1 Å². The Morgan fingerprint density at radius 1 is 1.28 bits per heavy atom. The molecule has 6 nitrogen and oxygen atoms in total. The van der Waals surface area contributed by atoms with Crippen LogP contribution in [0.2, 0.25) is 0 Å². The molecule has 1 aliphatic rings. The summed E-state index contributed by atoms with van der Waals surface area (Å²) in [6.07, 6.45) is 3.44. The van der Waals surface area contributed by atoms with Gasteiger partial charge in [0.05, 0.1) is 0 Å². The average molecular weight is 515 g/mol. The van der Waals surface area contributed by atoms with Gasteiger partial charge >= 0.3 is 0 Å². The third-order valence-electron chi connectivity index (χ3n) is 5.52. The number of amides is 1. The molecule has 0 saturated carbocycles. The Kier molecular flexibility index (Phi) is 11.6. The number of aliphatic imine (C=N–C) groups is 1. The van der Waals surface area contributed by atoms with Gasteiger partial charge in [0.15, 0.2) is 5.96 Å². The number of nitrogens with one attached hydrogen (secondary N) is 2. The van der Waals surface area contributed by atoms with Gasteiger partial charge < -0.3 is 15.5 Å². The Balaban J connectivity index is 0.00000420. The predicted molar refractivity (Wildman–Crippen MR) is 132 cm³/mol. The predicted octanol–water partition coefficient (Wildman–Crippen LogP) is 2.83. The molecule has 0 aromatic heterocycles. The monoisotopic (exact) mass is 515 g/mol. The number of benzene rings is 1. The quantitative estimate of drug-likeness (QED) is 0.333. The van der Waals surface area contributed by atoms with Crippen molar-refractivity contribution in [3.63, 3.8) is 0 Å². The summed E-state index contributed by atoms with van der Waals surface area (Å²) in [6.45, 7) is 8.67. The number of likely N-dealkylation sites (tertiary alicyclic amines) is 1. The zero-order chi connectivity index (χ0) is 20.5. The largest absolute Gasteiger partial charge is 0.356 e. The molecule has 1 saturated heterocycles. The fourth-order valence-electron chi connectivity index (χ4n) is 3.51. The summed E-state index contributed by atoms with van der Waals surface area (Å²) in [5.74, 6) is 1.73. The first-order valence-corrected chi connectivity index (χ1v) is 10.4. The minimum atomic E-state index is 0. The highest BCUT2D eigenvalue weighted by atomic mass is 127. The molecule has 1 heterocycles. The summed E-state index contributed by atoms with van der Waals surface area (Å²) in [5, 5.41) is 6.82. The number of guanidine groups is 1. The number of carbonyl (C=O) groups is 1. The van der Waals surface area contributed by atoms with Gasteiger partial charge in [-0.3, -0.25) is 14.7 Å². The summed E-state index contributed by atoms with van der Waals surface area (Å²) in [4.78, 5) is 20.6. The number of piperidine rings is 1. The molecule has 2 rings (SSSR count). The van der Waals surface area contributed by atoms with Crippen LogP contribution in [0, 0.1) is 5.92 Å². The maximum absolute atomic E-state index is 12.1. The van der Waals surface area contributed by atoms with Crippen LogP contribution in [0.25, 0.3) is 0 Å². The summed E-state index contributed by atoms with van der Waals surface area (Å²) in [5.41, 5.74) is 1.88. The molecule has 0 spiro atoms. The van der Waals surface area contributed by atoms with Crippen LogP contribution < -0.4 is 10.6 Å². The van der Waals surface area contributed by atoms with E-state index in [0.717, 1.165) is 42.5 Å². The van der Waals surface area contributed by atoms with Crippen molar-refractivity contribution in [2.45, 2.75) is 39.2 Å². The van der Waals surface area contributed by atoms with Crippen LogP contribution in [0.4, 0.5) is 0 Å². The Labute approximate surface area is 193 Å². The Morgan fingerprint density at radius 2 is 1.97 bits per heavy atom. The van der Waals surface area contributed by atoms with E-state index in [2.05, 4.69) is 40.4 Å². The van der Waals surface area contributed by atoms with Gasteiger partial charge in [0.25, 0.3) is 5.91 Å². The number of halogens is 1. The van der Waals surface area contributed by atoms with E-state index in [4.69, 9.17) is 0 Å². The van der Waals surface area contributed by atoms with Crippen molar-refractivity contribution < 1.29 is 4.79 Å². The van der Waals surface area contributed by atoms with E-state index >= 15 is 0 Å². The Bertz CT molecular complexity index is 656. The van der Waals surface area contributed by atoms with Crippen molar-refractivity contribution in [1.29, 1.82) is 0 Å². The van der Waals surface area contributed by atoms with E-state index in [1.165, 1.54) is 25.9 Å². The lowest BCUT2D eigenvalue weighted by atomic mass is 9.98. The molecule has 7 heteroatoms. The number of nitrogens with zero attached hydrogens (tertiary/aromatic N) is 3. The lowest BCUT2D eigenvalue weighted by molar-refractivity contribution is 0.0827. The van der Waals surface area contributed by atoms with Crippen LogP contribution in [0.1, 0.15) is 42.6 Å². The number of hydrogen-bond acceptors (Lipinski definition) is 3. The number of hydrogen-bond donors (Lipinski definition) is 2. The van der Waals surface area contributed by atoms with E-state index in [1.807, 2.05) is 18.2 Å². The molecule has 1 atom stereocenters. The first kappa shape index (κ1) is 25.7. The van der Waals surface area contributed by atoms with Crippen LogP contribution >= 0.6 is 24.0 Å². The van der Waals surface area contributed by atoms with Gasteiger partial charge in [-0.15, -0.1) is 24.0 Å². The van der Waals surface area contributed by atoms with Crippen LogP contribution in [0.5, 0.6) is 0 Å². The molecule has 0 bridgehead atoms. The first-order valence-electron chi connectivity index (χ1n) is 10.4. The van der Waals surface area contributed by atoms with Crippen LogP contribution in [-0.4, -0.2) is 75.0 Å². The van der Waals surface area contributed by atoms with E-state index in [0.29, 0.717) is 6.04 Å². The lowest BCUT2D eigenvalue weighted by Crippen LogP contribution is -2.48. The van der Waals surface area contributed by atoms with E-state index < -0.39 is 0 Å². The van der Waals surface area contributed by atoms with E-state index in [-0.39, 0.29) is 29.9 Å². The van der Waals surface area contributed by atoms with Gasteiger partial charge in [0, 0.05) is 45.8 Å². The van der Waals surface area contributed by atoms with E-state index in [1.54, 1.807) is 26.0 Å². The summed E-state index contributed by atoms with van der Waals surface area (Å²) < 4.78 is 0. The second-order valence-electron chi connectivity index (χ2n) is 8.10. The molecule has 0 radical (unpaired) electrons. The summed E-state index contributed by atoms with van der Waals surface area (Å²) >= 11 is 0. The minimum Gasteiger partial charge on any atom is -0.356 e. The normalized spacial score (nSPS) is 16.7. The van der Waals surface area contributed by atoms with Crippen LogP contribution in [-0.2, 0) is 6.42 Å². The zero-order valence-corrected chi connectivity index (χ0v) is 20.9. The molecule has 1 aromatic rings. The SMILES string of the molecule is CN=C(NCCc1cccc(C(=O)N(C)C)c1)NCC(C)N1CCC(C)CC1.I. The fraction of sp³-hybridized carbons (Fsp3) is 0.636. The average Bonchev–Trinajstić information content (AvgIpc) is 2.70. The van der Waals surface area contributed by atoms with Crippen molar-refractivity contribution in [2.24, 2.45) is 10.9 Å². The van der Waals surface area contributed by atoms with Gasteiger partial charge in [-0.05, 0) is 62.9 Å². The van der Waals surface area contributed by atoms with Crippen LogP contribution in [0.15, 0.2) is 29.3 Å². The second-order valence-corrected chi connectivity index (χ2v) is 8.10. The first-order chi connectivity index (χ1) is 13.4. The van der Waals surface area contributed by atoms with E-state index in [9.17, 15) is 4.79 Å². The third-order valence-corrected chi connectivity index (χ3v) is 5.52. The van der Waals surface area contributed by atoms with Crippen molar-refractivity contribution in [3.05, 3.63) is 35.4 Å². The van der Waals surface area contributed by atoms with Crippen molar-refractivity contribution >= 4 is 35.8 Å². The fourth-order valence-corrected chi connectivity index (χ4v) is 3.51. The molecular formula is C22H38IN5O. The molecule has 2 N–H and O–H groups in total. The van der Waals surface area contributed by atoms with Gasteiger partial charge in [-0.2, -0.15) is 0 Å². The highest BCUT2D eigenvalue weighted by Gasteiger charge is 2.20. The molecule has 1 aromatic carbocycles. The highest BCUT2D eigenvalue weighted by molar-refractivity contribution is 14.0. The zero-order valence-electron chi connectivity index (χ0n) is 18.6. The van der Waals surface area contributed by atoms with Crippen LogP contribution in [0.3, 0.4) is 0 Å². The number of rotatable bonds is 7. The smallest absolute Gasteiger partial charge is 0.253 e. The summed E-state index contributed by atoms with van der Waals surface area (Å²) in [7, 11) is 5.36. The Morgan fingerprint density at radius 3 is 2.59 bits per heavy atom. The maximum atomic E-state index is 12.1. The number of carbonyl (C=O) groups excluding carboxylic acids is 1. The maximum Gasteiger partial charge on any atom is 0.253 e. The standard InChI is InChI=1S/C22H37N5O.HI/c1-17-10-13-27(14-11-17)18(2)16-25-22(23-3)24-12-9-19-7-6-8-20(15-19)21(28)26(4)5;/h6-8,15,17-18H,9-14,16H2,1-5H3,(H2,23,24,25);1H. The Hall–Kier alpha value is -1.35. The van der Waals surface area contributed by atoms with Gasteiger partial charge in [0.2, 0.25) is 0 Å². The minimum absolute atomic E-state index is 0. The third kappa shape index (κ3) is 8.50. The summed E-state index contributed by atoms with van der Waals surface area (Å²) in [6, 6.07) is 8.34. The second kappa shape index (κ2) is 13.1. The van der Waals surface area contributed by atoms with Crippen molar-refractivity contribution in [1.82, 2.24) is 20.4 Å². The topological polar surface area (TPSA) is 60.0 Å². The molecule has 164 valence electrons. The molecule has 1 unspecified atom stereocenters. The van der Waals surface area contributed by atoms with Crippen molar-refractivity contribution in [3.8, 4) is 0 Å². The van der Waals surface area contributed by atoms with Gasteiger partial charge in [0.1, 0.15) is 0 Å². The molecule has 1 fully saturated rings. The molecule has 1 aliphatic heterocycles.